The van der Waals surface area contributed by atoms with Gasteiger partial charge in [0, 0.05) is 17.8 Å². The summed E-state index contributed by atoms with van der Waals surface area (Å²) < 4.78 is 0. The van der Waals surface area contributed by atoms with Gasteiger partial charge in [-0.1, -0.05) is 13.0 Å². The zero-order valence-electron chi connectivity index (χ0n) is 17.9. The first-order valence-electron chi connectivity index (χ1n) is 10.0. The van der Waals surface area contributed by atoms with E-state index in [2.05, 4.69) is 45.5 Å². The second-order valence-corrected chi connectivity index (χ2v) is 7.81. The second kappa shape index (κ2) is 15.9. The van der Waals surface area contributed by atoms with Crippen LogP contribution < -0.4 is 44.2 Å². The Hall–Kier alpha value is -1.86. The molecule has 0 saturated heterocycles. The maximum Gasteiger partial charge on any atom is 0.246 e. The van der Waals surface area contributed by atoms with Crippen LogP contribution in [0.25, 0.3) is 0 Å². The van der Waals surface area contributed by atoms with Gasteiger partial charge in [-0.05, 0) is 39.3 Å². The monoisotopic (exact) mass is 445 g/mol. The van der Waals surface area contributed by atoms with Crippen molar-refractivity contribution >= 4 is 30.4 Å². The van der Waals surface area contributed by atoms with Crippen LogP contribution in [0.2, 0.25) is 0 Å². The molecule has 12 heteroatoms. The third-order valence-corrected chi connectivity index (χ3v) is 4.76. The first-order valence-corrected chi connectivity index (χ1v) is 10.5. The molecule has 0 fully saturated rings. The lowest BCUT2D eigenvalue weighted by molar-refractivity contribution is -0.129. The number of carbonyl (C=O) groups excluding carboxylic acids is 2. The van der Waals surface area contributed by atoms with E-state index in [1.807, 2.05) is 6.92 Å². The second-order valence-electron chi connectivity index (χ2n) is 7.00. The van der Waals surface area contributed by atoms with Crippen LogP contribution in [0.5, 0.6) is 0 Å². The Labute approximate surface area is 184 Å². The van der Waals surface area contributed by atoms with Crippen LogP contribution in [-0.2, 0) is 9.59 Å². The van der Waals surface area contributed by atoms with Gasteiger partial charge in [-0.3, -0.25) is 25.2 Å². The predicted octanol–water partition coefficient (Wildman–Crippen LogP) is -2.33. The van der Waals surface area contributed by atoms with Crippen molar-refractivity contribution in [1.29, 1.82) is 0 Å². The zero-order chi connectivity index (χ0) is 23.1. The Morgan fingerprint density at radius 2 is 1.80 bits per heavy atom. The number of rotatable bonds is 16. The first-order chi connectivity index (χ1) is 14.1. The number of nitrogens with two attached hydrogens (primary N) is 4. The van der Waals surface area contributed by atoms with E-state index >= 15 is 0 Å². The van der Waals surface area contributed by atoms with Crippen LogP contribution in [0, 0.1) is 0 Å². The number of nitrogens with one attached hydrogen (secondary N) is 4. The van der Waals surface area contributed by atoms with Crippen LogP contribution >= 0.6 is 12.6 Å². The Morgan fingerprint density at radius 1 is 1.13 bits per heavy atom. The maximum atomic E-state index is 12.6. The van der Waals surface area contributed by atoms with Crippen LogP contribution in [0.4, 0.5) is 0 Å². The number of nitrogens with zero attached hydrogens (tertiary/aromatic N) is 1. The van der Waals surface area contributed by atoms with Crippen molar-refractivity contribution in [1.82, 2.24) is 21.3 Å². The molecule has 11 nitrogen and oxygen atoms in total. The third-order valence-electron chi connectivity index (χ3n) is 4.40. The number of thiol groups is 1. The highest BCUT2D eigenvalue weighted by Gasteiger charge is 2.24. The highest BCUT2D eigenvalue weighted by atomic mass is 32.1. The highest BCUT2D eigenvalue weighted by Crippen LogP contribution is 2.09. The molecule has 0 aromatic rings. The van der Waals surface area contributed by atoms with Gasteiger partial charge in [0.2, 0.25) is 11.8 Å². The van der Waals surface area contributed by atoms with Gasteiger partial charge >= 0.3 is 0 Å². The van der Waals surface area contributed by atoms with Gasteiger partial charge in [-0.15, -0.1) is 6.58 Å². The third kappa shape index (κ3) is 12.6. The molecule has 5 unspecified atom stereocenters. The normalized spacial score (nSPS) is 15.9. The Bertz CT molecular complexity index is 556. The van der Waals surface area contributed by atoms with Gasteiger partial charge in [0.15, 0.2) is 5.96 Å². The average Bonchev–Trinajstić information content (AvgIpc) is 2.70. The summed E-state index contributed by atoms with van der Waals surface area (Å²) >= 11 is 4.43. The molecule has 12 N–H and O–H groups in total. The summed E-state index contributed by atoms with van der Waals surface area (Å²) in [7, 11) is 1.74. The fraction of sp³-hybridized carbons (Fsp3) is 0.722. The number of hydrogen-bond acceptors (Lipinski definition) is 8. The Balaban J connectivity index is 4.55. The number of aliphatic imine (C=N–C) groups is 1. The van der Waals surface area contributed by atoms with Crippen LogP contribution in [0.1, 0.15) is 32.6 Å². The van der Waals surface area contributed by atoms with Gasteiger partial charge in [0.1, 0.15) is 12.3 Å². The van der Waals surface area contributed by atoms with Crippen molar-refractivity contribution < 1.29 is 9.59 Å². The summed E-state index contributed by atoms with van der Waals surface area (Å²) in [6, 6.07) is -1.86. The molecule has 30 heavy (non-hydrogen) atoms. The van der Waals surface area contributed by atoms with E-state index in [-0.39, 0.29) is 29.4 Å². The smallest absolute Gasteiger partial charge is 0.246 e. The fourth-order valence-corrected chi connectivity index (χ4v) is 2.75. The number of hydrogen-bond donors (Lipinski definition) is 9. The molecule has 0 aliphatic carbocycles. The summed E-state index contributed by atoms with van der Waals surface area (Å²) in [5.74, 6) is -0.767. The van der Waals surface area contributed by atoms with Gasteiger partial charge < -0.3 is 33.6 Å². The molecule has 0 spiro atoms. The molecule has 174 valence electrons. The molecular formula is C18H39N9O2S. The minimum atomic E-state index is -0.897. The van der Waals surface area contributed by atoms with Crippen molar-refractivity contribution in [3.8, 4) is 0 Å². The van der Waals surface area contributed by atoms with E-state index in [0.29, 0.717) is 38.8 Å². The maximum absolute atomic E-state index is 12.6. The first kappa shape index (κ1) is 28.1. The van der Waals surface area contributed by atoms with E-state index in [0.717, 1.165) is 0 Å². The molecular weight excluding hydrogens is 406 g/mol. The molecule has 0 aromatic carbocycles. The quantitative estimate of drug-likeness (QED) is 0.0314. The van der Waals surface area contributed by atoms with E-state index in [4.69, 9.17) is 22.9 Å². The molecule has 0 aromatic heterocycles. The van der Waals surface area contributed by atoms with Crippen molar-refractivity contribution in [2.75, 3.05) is 20.1 Å². The predicted molar refractivity (Wildman–Crippen MR) is 125 cm³/mol. The summed E-state index contributed by atoms with van der Waals surface area (Å²) in [4.78, 5) is 28.8. The summed E-state index contributed by atoms with van der Waals surface area (Å²) in [6.45, 7) is 6.57. The van der Waals surface area contributed by atoms with Gasteiger partial charge in [-0.25, -0.2) is 0 Å². The summed E-state index contributed by atoms with van der Waals surface area (Å²) in [6.07, 6.45) is 3.46. The van der Waals surface area contributed by atoms with E-state index in [9.17, 15) is 9.59 Å². The minimum Gasteiger partial charge on any atom is -0.370 e. The Kier molecular flexibility index (Phi) is 14.9. The van der Waals surface area contributed by atoms with Crippen molar-refractivity contribution in [3.05, 3.63) is 12.7 Å². The minimum absolute atomic E-state index is 0.0286. The topological polar surface area (TPSA) is 199 Å². The molecule has 0 saturated carbocycles. The standard InChI is InChI=1S/C18H39N9O2S/c1-4-13(26-15(28)12(19)7-5-10-25-18(22)23-3)16(29)27-14(11(2)30)8-6-9-24-17(20)21/h4,11-14,18,23,25,30H,1,5-10,19,22H2,2-3H3,(H,26,28)(H,27,29)(H4,20,21,24). The number of amides is 2. The SMILES string of the molecule is C=CC(NC(=O)C(N)CCCNC(N)NC)C(=O)NC(CCCN=C(N)N)C(C)S. The van der Waals surface area contributed by atoms with Crippen LogP contribution in [0.15, 0.2) is 17.6 Å². The van der Waals surface area contributed by atoms with Crippen molar-refractivity contribution in [2.24, 2.45) is 27.9 Å². The summed E-state index contributed by atoms with van der Waals surface area (Å²) in [5.41, 5.74) is 22.2. The molecule has 0 aliphatic heterocycles. The molecule has 0 aliphatic rings. The average molecular weight is 446 g/mol. The van der Waals surface area contributed by atoms with Crippen LogP contribution in [0.3, 0.4) is 0 Å². The van der Waals surface area contributed by atoms with Gasteiger partial charge in [0.05, 0.1) is 6.04 Å². The molecule has 5 atom stereocenters. The van der Waals surface area contributed by atoms with Gasteiger partial charge in [-0.2, -0.15) is 12.6 Å². The molecule has 0 rings (SSSR count). The molecule has 0 bridgehead atoms. The van der Waals surface area contributed by atoms with Crippen molar-refractivity contribution in [3.63, 3.8) is 0 Å². The fourth-order valence-electron chi connectivity index (χ4n) is 2.53. The Morgan fingerprint density at radius 3 is 2.33 bits per heavy atom. The lowest BCUT2D eigenvalue weighted by Gasteiger charge is -2.25. The summed E-state index contributed by atoms with van der Waals surface area (Å²) in [5, 5.41) is 11.3. The molecule has 2 amide bonds. The van der Waals surface area contributed by atoms with E-state index < -0.39 is 18.0 Å². The van der Waals surface area contributed by atoms with Gasteiger partial charge in [0.25, 0.3) is 0 Å². The number of carbonyl (C=O) groups is 2. The van der Waals surface area contributed by atoms with Crippen LogP contribution in [-0.4, -0.2) is 67.6 Å². The van der Waals surface area contributed by atoms with E-state index in [1.165, 1.54) is 6.08 Å². The lowest BCUT2D eigenvalue weighted by atomic mass is 10.1. The highest BCUT2D eigenvalue weighted by molar-refractivity contribution is 7.81. The van der Waals surface area contributed by atoms with E-state index in [1.54, 1.807) is 7.05 Å². The molecule has 0 radical (unpaired) electrons. The largest absolute Gasteiger partial charge is 0.370 e. The lowest BCUT2D eigenvalue weighted by Crippen LogP contribution is -2.53. The molecule has 0 heterocycles. The zero-order valence-corrected chi connectivity index (χ0v) is 18.8. The van der Waals surface area contributed by atoms with Crippen molar-refractivity contribution in [2.45, 2.75) is 62.3 Å². The number of guanidine groups is 1.